The fourth-order valence-electron chi connectivity index (χ4n) is 2.45. The summed E-state index contributed by atoms with van der Waals surface area (Å²) >= 11 is 0. The second-order valence-electron chi connectivity index (χ2n) is 3.94. The molecule has 2 fully saturated rings. The molecular formula is C9H18N2. The van der Waals surface area contributed by atoms with Crippen LogP contribution in [0.4, 0.5) is 0 Å². The summed E-state index contributed by atoms with van der Waals surface area (Å²) in [6, 6.07) is 0. The van der Waals surface area contributed by atoms with Crippen LogP contribution in [-0.2, 0) is 0 Å². The van der Waals surface area contributed by atoms with Crippen molar-refractivity contribution in [3.05, 3.63) is 0 Å². The van der Waals surface area contributed by atoms with Gasteiger partial charge < -0.3 is 10.2 Å². The van der Waals surface area contributed by atoms with Gasteiger partial charge in [0.2, 0.25) is 0 Å². The largest absolute Gasteiger partial charge is 0.316 e. The lowest BCUT2D eigenvalue weighted by Gasteiger charge is -2.14. The van der Waals surface area contributed by atoms with E-state index in [9.17, 15) is 0 Å². The van der Waals surface area contributed by atoms with Crippen LogP contribution >= 0.6 is 0 Å². The molecule has 0 aromatic carbocycles. The van der Waals surface area contributed by atoms with Crippen molar-refractivity contribution in [2.24, 2.45) is 11.8 Å². The molecule has 0 radical (unpaired) electrons. The molecule has 64 valence electrons. The molecule has 0 spiro atoms. The molecule has 0 aliphatic carbocycles. The van der Waals surface area contributed by atoms with Crippen LogP contribution in [0.3, 0.4) is 0 Å². The van der Waals surface area contributed by atoms with E-state index in [1.807, 2.05) is 0 Å². The molecule has 2 heteroatoms. The number of rotatable bonds is 2. The van der Waals surface area contributed by atoms with Crippen LogP contribution in [0, 0.1) is 11.8 Å². The highest BCUT2D eigenvalue weighted by Crippen LogP contribution is 2.25. The fourth-order valence-corrected chi connectivity index (χ4v) is 2.45. The van der Waals surface area contributed by atoms with Crippen LogP contribution in [0.25, 0.3) is 0 Å². The predicted octanol–water partition coefficient (Wildman–Crippen LogP) is 0.548. The van der Waals surface area contributed by atoms with E-state index >= 15 is 0 Å². The molecule has 0 saturated carbocycles. The van der Waals surface area contributed by atoms with E-state index in [-0.39, 0.29) is 0 Å². The predicted molar refractivity (Wildman–Crippen MR) is 46.6 cm³/mol. The molecular weight excluding hydrogens is 136 g/mol. The van der Waals surface area contributed by atoms with Crippen molar-refractivity contribution in [2.75, 3.05) is 32.7 Å². The molecule has 0 aromatic heterocycles. The minimum Gasteiger partial charge on any atom is -0.316 e. The highest BCUT2D eigenvalue weighted by molar-refractivity contribution is 4.90. The Morgan fingerprint density at radius 2 is 1.91 bits per heavy atom. The van der Waals surface area contributed by atoms with E-state index in [2.05, 4.69) is 17.1 Å². The van der Waals surface area contributed by atoms with Gasteiger partial charge >= 0.3 is 0 Å². The molecule has 2 saturated heterocycles. The van der Waals surface area contributed by atoms with Gasteiger partial charge in [0.1, 0.15) is 0 Å². The van der Waals surface area contributed by atoms with Crippen LogP contribution in [0.2, 0.25) is 0 Å². The molecule has 2 atom stereocenters. The van der Waals surface area contributed by atoms with Gasteiger partial charge in [-0.2, -0.15) is 0 Å². The van der Waals surface area contributed by atoms with Crippen molar-refractivity contribution in [2.45, 2.75) is 13.3 Å². The minimum atomic E-state index is 0.974. The Labute approximate surface area is 69.0 Å². The number of likely N-dealkylation sites (tertiary alicyclic amines) is 1. The minimum absolute atomic E-state index is 0.974. The summed E-state index contributed by atoms with van der Waals surface area (Å²) in [4.78, 5) is 2.62. The van der Waals surface area contributed by atoms with Gasteiger partial charge in [0.25, 0.3) is 0 Å². The average molecular weight is 154 g/mol. The Morgan fingerprint density at radius 3 is 2.45 bits per heavy atom. The molecule has 2 aliphatic heterocycles. The molecule has 2 rings (SSSR count). The van der Waals surface area contributed by atoms with Crippen LogP contribution in [0.1, 0.15) is 13.3 Å². The molecule has 0 bridgehead atoms. The van der Waals surface area contributed by atoms with Gasteiger partial charge in [-0.05, 0) is 37.9 Å². The molecule has 2 heterocycles. The van der Waals surface area contributed by atoms with Gasteiger partial charge in [0.15, 0.2) is 0 Å². The van der Waals surface area contributed by atoms with Crippen molar-refractivity contribution in [1.82, 2.24) is 10.2 Å². The molecule has 0 unspecified atom stereocenters. The summed E-state index contributed by atoms with van der Waals surface area (Å²) in [7, 11) is 0. The summed E-state index contributed by atoms with van der Waals surface area (Å²) in [5.41, 5.74) is 0. The van der Waals surface area contributed by atoms with Crippen LogP contribution in [0.15, 0.2) is 0 Å². The van der Waals surface area contributed by atoms with E-state index in [0.29, 0.717) is 0 Å². The maximum atomic E-state index is 3.46. The summed E-state index contributed by atoms with van der Waals surface area (Å²) in [5, 5.41) is 3.46. The second kappa shape index (κ2) is 3.11. The second-order valence-corrected chi connectivity index (χ2v) is 3.94. The molecule has 11 heavy (non-hydrogen) atoms. The van der Waals surface area contributed by atoms with E-state index < -0.39 is 0 Å². The van der Waals surface area contributed by atoms with Gasteiger partial charge in [-0.1, -0.05) is 6.92 Å². The van der Waals surface area contributed by atoms with Crippen molar-refractivity contribution in [3.8, 4) is 0 Å². The van der Waals surface area contributed by atoms with Crippen molar-refractivity contribution >= 4 is 0 Å². The zero-order valence-electron chi connectivity index (χ0n) is 7.34. The van der Waals surface area contributed by atoms with E-state index in [1.54, 1.807) is 0 Å². The highest BCUT2D eigenvalue weighted by Gasteiger charge is 2.35. The van der Waals surface area contributed by atoms with Gasteiger partial charge in [-0.3, -0.25) is 0 Å². The number of hydrogen-bond acceptors (Lipinski definition) is 2. The summed E-state index contributed by atoms with van der Waals surface area (Å²) < 4.78 is 0. The Hall–Kier alpha value is -0.0800. The Bertz CT molecular complexity index is 124. The maximum Gasteiger partial charge on any atom is 0.00255 e. The fraction of sp³-hybridized carbons (Fsp3) is 1.00. The number of fused-ring (bicyclic) bond motifs is 1. The van der Waals surface area contributed by atoms with E-state index in [0.717, 1.165) is 11.8 Å². The first-order valence-electron chi connectivity index (χ1n) is 4.83. The van der Waals surface area contributed by atoms with Crippen LogP contribution in [-0.4, -0.2) is 37.6 Å². The van der Waals surface area contributed by atoms with Crippen molar-refractivity contribution < 1.29 is 0 Å². The summed E-state index contributed by atoms with van der Waals surface area (Å²) in [5.74, 6) is 1.95. The van der Waals surface area contributed by atoms with Crippen LogP contribution in [0.5, 0.6) is 0 Å². The smallest absolute Gasteiger partial charge is 0.00255 e. The third kappa shape index (κ3) is 1.42. The molecule has 0 aromatic rings. The third-order valence-corrected chi connectivity index (χ3v) is 3.00. The monoisotopic (exact) mass is 154 g/mol. The molecule has 1 N–H and O–H groups in total. The summed E-state index contributed by atoms with van der Waals surface area (Å²) in [6.45, 7) is 8.83. The standard InChI is InChI=1S/C9H18N2/c1-2-3-11-6-8-4-10-5-9(8)7-11/h8-10H,2-7H2,1H3/t8-,9-/m0/s1. The zero-order chi connectivity index (χ0) is 7.68. The quantitative estimate of drug-likeness (QED) is 0.625. The van der Waals surface area contributed by atoms with Crippen LogP contribution < -0.4 is 5.32 Å². The van der Waals surface area contributed by atoms with Crippen molar-refractivity contribution in [1.29, 1.82) is 0 Å². The highest BCUT2D eigenvalue weighted by atomic mass is 15.2. The lowest BCUT2D eigenvalue weighted by atomic mass is 10.0. The molecule has 0 amide bonds. The maximum absolute atomic E-state index is 3.46. The van der Waals surface area contributed by atoms with E-state index in [1.165, 1.54) is 39.1 Å². The van der Waals surface area contributed by atoms with Gasteiger partial charge in [-0.15, -0.1) is 0 Å². The zero-order valence-corrected chi connectivity index (χ0v) is 7.34. The third-order valence-electron chi connectivity index (χ3n) is 3.00. The molecule has 2 nitrogen and oxygen atoms in total. The van der Waals surface area contributed by atoms with Gasteiger partial charge in [-0.25, -0.2) is 0 Å². The number of nitrogens with one attached hydrogen (secondary N) is 1. The number of nitrogens with zero attached hydrogens (tertiary/aromatic N) is 1. The lowest BCUT2D eigenvalue weighted by molar-refractivity contribution is 0.314. The Balaban J connectivity index is 1.84. The first kappa shape index (κ1) is 7.56. The number of hydrogen-bond donors (Lipinski definition) is 1. The van der Waals surface area contributed by atoms with Gasteiger partial charge in [0.05, 0.1) is 0 Å². The Kier molecular flexibility index (Phi) is 2.14. The lowest BCUT2D eigenvalue weighted by Crippen LogP contribution is -2.26. The van der Waals surface area contributed by atoms with E-state index in [4.69, 9.17) is 0 Å². The molecule has 2 aliphatic rings. The summed E-state index contributed by atoms with van der Waals surface area (Å²) in [6.07, 6.45) is 1.31. The average Bonchev–Trinajstić information content (AvgIpc) is 2.46. The van der Waals surface area contributed by atoms with Gasteiger partial charge in [0, 0.05) is 13.1 Å². The normalized spacial score (nSPS) is 37.9. The SMILES string of the molecule is CCCN1C[C@@H]2CNC[C@H]2C1. The Morgan fingerprint density at radius 1 is 1.27 bits per heavy atom. The van der Waals surface area contributed by atoms with Crippen molar-refractivity contribution in [3.63, 3.8) is 0 Å². The topological polar surface area (TPSA) is 15.3 Å². The first-order valence-corrected chi connectivity index (χ1v) is 4.83. The first-order chi connectivity index (χ1) is 5.40.